The zero-order valence-electron chi connectivity index (χ0n) is 7.20. The first-order chi connectivity index (χ1) is 6.79. The van der Waals surface area contributed by atoms with Gasteiger partial charge in [-0.2, -0.15) is 13.2 Å². The number of anilines is 1. The monoisotopic (exact) mass is 259 g/mol. The largest absolute Gasteiger partial charge is 0.418 e. The number of nitrogen functional groups attached to an aromatic ring is 1. The van der Waals surface area contributed by atoms with Gasteiger partial charge in [0, 0.05) is 10.6 Å². The highest BCUT2D eigenvalue weighted by atomic mass is 35.5. The van der Waals surface area contributed by atoms with Crippen LogP contribution in [0.2, 0.25) is 10.0 Å². The first-order valence-electron chi connectivity index (χ1n) is 3.73. The molecule has 0 aliphatic heterocycles. The predicted octanol–water partition coefficient (Wildman–Crippen LogP) is 3.09. The van der Waals surface area contributed by atoms with Gasteiger partial charge in [-0.1, -0.05) is 23.2 Å². The number of benzene rings is 1. The fourth-order valence-electron chi connectivity index (χ4n) is 1.16. The molecule has 0 heterocycles. The summed E-state index contributed by atoms with van der Waals surface area (Å²) in [4.78, 5) is 0. The van der Waals surface area contributed by atoms with Crippen molar-refractivity contribution in [1.29, 1.82) is 0 Å². The van der Waals surface area contributed by atoms with E-state index < -0.39 is 29.6 Å². The molecule has 84 valence electrons. The fraction of sp³-hybridized carbons (Fsp3) is 0.250. The van der Waals surface area contributed by atoms with Gasteiger partial charge >= 0.3 is 6.18 Å². The van der Waals surface area contributed by atoms with Gasteiger partial charge in [0.1, 0.15) is 0 Å². The van der Waals surface area contributed by atoms with Crippen LogP contribution in [0.25, 0.3) is 0 Å². The molecule has 0 atom stereocenters. The molecule has 0 fully saturated rings. The third kappa shape index (κ3) is 2.30. The van der Waals surface area contributed by atoms with Crippen LogP contribution < -0.4 is 5.73 Å². The van der Waals surface area contributed by atoms with E-state index in [0.29, 0.717) is 0 Å². The first kappa shape index (κ1) is 12.4. The average molecular weight is 260 g/mol. The summed E-state index contributed by atoms with van der Waals surface area (Å²) in [7, 11) is 0. The van der Waals surface area contributed by atoms with Crippen molar-refractivity contribution in [3.05, 3.63) is 27.2 Å². The standard InChI is InChI=1S/C8H6Cl2F3NO/c9-4-1-5(10)7(14)6(3(4)2-15)8(11,12)13/h1,15H,2,14H2. The van der Waals surface area contributed by atoms with E-state index in [0.717, 1.165) is 6.07 Å². The van der Waals surface area contributed by atoms with Gasteiger partial charge in [-0.05, 0) is 6.07 Å². The average Bonchev–Trinajstić information content (AvgIpc) is 2.08. The molecule has 0 amide bonds. The van der Waals surface area contributed by atoms with Crippen LogP contribution in [-0.2, 0) is 12.8 Å². The van der Waals surface area contributed by atoms with Crippen LogP contribution in [0.1, 0.15) is 11.1 Å². The van der Waals surface area contributed by atoms with Crippen LogP contribution in [0.15, 0.2) is 6.07 Å². The molecule has 15 heavy (non-hydrogen) atoms. The van der Waals surface area contributed by atoms with Gasteiger partial charge in [0.25, 0.3) is 0 Å². The summed E-state index contributed by atoms with van der Waals surface area (Å²) >= 11 is 11.0. The number of rotatable bonds is 1. The number of halogens is 5. The van der Waals surface area contributed by atoms with E-state index in [2.05, 4.69) is 0 Å². The second-order valence-corrected chi connectivity index (χ2v) is 3.58. The highest BCUT2D eigenvalue weighted by molar-refractivity contribution is 6.37. The quantitative estimate of drug-likeness (QED) is 0.762. The van der Waals surface area contributed by atoms with Crippen molar-refractivity contribution in [2.45, 2.75) is 12.8 Å². The van der Waals surface area contributed by atoms with Crippen molar-refractivity contribution in [2.75, 3.05) is 5.73 Å². The van der Waals surface area contributed by atoms with Crippen molar-refractivity contribution in [3.63, 3.8) is 0 Å². The number of hydrogen-bond acceptors (Lipinski definition) is 2. The van der Waals surface area contributed by atoms with E-state index in [4.69, 9.17) is 34.0 Å². The van der Waals surface area contributed by atoms with Crippen molar-refractivity contribution < 1.29 is 18.3 Å². The molecule has 0 aliphatic carbocycles. The molecule has 0 aliphatic rings. The Morgan fingerprint density at radius 1 is 1.27 bits per heavy atom. The fourth-order valence-corrected chi connectivity index (χ4v) is 1.68. The lowest BCUT2D eigenvalue weighted by Crippen LogP contribution is -2.13. The maximum atomic E-state index is 12.5. The van der Waals surface area contributed by atoms with Crippen molar-refractivity contribution in [1.82, 2.24) is 0 Å². The molecule has 0 saturated carbocycles. The van der Waals surface area contributed by atoms with E-state index in [1.807, 2.05) is 0 Å². The molecule has 7 heteroatoms. The smallest absolute Gasteiger partial charge is 0.397 e. The molecule has 1 aromatic rings. The molecule has 0 radical (unpaired) electrons. The lowest BCUT2D eigenvalue weighted by atomic mass is 10.1. The second kappa shape index (κ2) is 4.08. The summed E-state index contributed by atoms with van der Waals surface area (Å²) in [6, 6.07) is 1.07. The Hall–Kier alpha value is -0.650. The minimum atomic E-state index is -4.70. The van der Waals surface area contributed by atoms with Gasteiger partial charge in [-0.15, -0.1) is 0 Å². The second-order valence-electron chi connectivity index (χ2n) is 2.76. The van der Waals surface area contributed by atoms with Crippen LogP contribution in [0.4, 0.5) is 18.9 Å². The predicted molar refractivity (Wildman–Crippen MR) is 51.8 cm³/mol. The lowest BCUT2D eigenvalue weighted by Gasteiger charge is -2.16. The summed E-state index contributed by atoms with van der Waals surface area (Å²) in [6.07, 6.45) is -4.70. The third-order valence-electron chi connectivity index (χ3n) is 1.81. The Balaban J connectivity index is 3.59. The third-order valence-corrected chi connectivity index (χ3v) is 2.46. The van der Waals surface area contributed by atoms with E-state index in [1.54, 1.807) is 0 Å². The van der Waals surface area contributed by atoms with Crippen LogP contribution in [0, 0.1) is 0 Å². The maximum absolute atomic E-state index is 12.5. The summed E-state index contributed by atoms with van der Waals surface area (Å²) in [5.41, 5.74) is 2.92. The number of hydrogen-bond donors (Lipinski definition) is 2. The van der Waals surface area contributed by atoms with Crippen LogP contribution in [-0.4, -0.2) is 5.11 Å². The maximum Gasteiger partial charge on any atom is 0.418 e. The number of aliphatic hydroxyl groups excluding tert-OH is 1. The normalized spacial score (nSPS) is 11.9. The summed E-state index contributed by atoms with van der Waals surface area (Å²) < 4.78 is 37.6. The van der Waals surface area contributed by atoms with Gasteiger partial charge in [-0.25, -0.2) is 0 Å². The molecule has 0 bridgehead atoms. The SMILES string of the molecule is Nc1c(Cl)cc(Cl)c(CO)c1C(F)(F)F. The Morgan fingerprint density at radius 2 is 1.80 bits per heavy atom. The summed E-state index contributed by atoms with van der Waals surface area (Å²) in [5, 5.41) is 8.25. The lowest BCUT2D eigenvalue weighted by molar-refractivity contribution is -0.138. The number of alkyl halides is 3. The topological polar surface area (TPSA) is 46.2 Å². The molecule has 2 nitrogen and oxygen atoms in total. The number of aliphatic hydroxyl groups is 1. The Labute approximate surface area is 93.4 Å². The first-order valence-corrected chi connectivity index (χ1v) is 4.49. The minimum Gasteiger partial charge on any atom is -0.397 e. The van der Waals surface area contributed by atoms with Crippen LogP contribution in [0.3, 0.4) is 0 Å². The zero-order chi connectivity index (χ0) is 11.8. The Morgan fingerprint density at radius 3 is 2.20 bits per heavy atom. The highest BCUT2D eigenvalue weighted by Crippen LogP contribution is 2.42. The van der Waals surface area contributed by atoms with Crippen molar-refractivity contribution in [3.8, 4) is 0 Å². The zero-order valence-corrected chi connectivity index (χ0v) is 8.71. The van der Waals surface area contributed by atoms with E-state index in [9.17, 15) is 13.2 Å². The molecular formula is C8H6Cl2F3NO. The Bertz CT molecular complexity index is 392. The summed E-state index contributed by atoms with van der Waals surface area (Å²) in [5.74, 6) is 0. The van der Waals surface area contributed by atoms with Crippen molar-refractivity contribution in [2.24, 2.45) is 0 Å². The van der Waals surface area contributed by atoms with Crippen LogP contribution in [0.5, 0.6) is 0 Å². The molecule has 3 N–H and O–H groups in total. The van der Waals surface area contributed by atoms with E-state index in [1.165, 1.54) is 0 Å². The molecule has 1 rings (SSSR count). The van der Waals surface area contributed by atoms with Gasteiger partial charge in [0.05, 0.1) is 22.9 Å². The van der Waals surface area contributed by atoms with Crippen LogP contribution >= 0.6 is 23.2 Å². The molecule has 0 saturated heterocycles. The summed E-state index contributed by atoms with van der Waals surface area (Å²) in [6.45, 7) is -0.852. The van der Waals surface area contributed by atoms with E-state index >= 15 is 0 Å². The molecule has 0 aromatic heterocycles. The van der Waals surface area contributed by atoms with Gasteiger partial charge in [0.2, 0.25) is 0 Å². The van der Waals surface area contributed by atoms with Gasteiger partial charge in [-0.3, -0.25) is 0 Å². The van der Waals surface area contributed by atoms with Gasteiger partial charge in [0.15, 0.2) is 0 Å². The van der Waals surface area contributed by atoms with Gasteiger partial charge < -0.3 is 10.8 Å². The molecule has 0 spiro atoms. The molecule has 1 aromatic carbocycles. The highest BCUT2D eigenvalue weighted by Gasteiger charge is 2.37. The van der Waals surface area contributed by atoms with E-state index in [-0.39, 0.29) is 10.0 Å². The number of nitrogens with two attached hydrogens (primary N) is 1. The Kier molecular flexibility index (Phi) is 3.38. The molecular weight excluding hydrogens is 254 g/mol. The van der Waals surface area contributed by atoms with Crippen molar-refractivity contribution >= 4 is 28.9 Å². The minimum absolute atomic E-state index is 0.260. The molecule has 0 unspecified atom stereocenters.